The molecular formula is C20H14N2O3S. The third-order valence-electron chi connectivity index (χ3n) is 4.13. The van der Waals surface area contributed by atoms with Gasteiger partial charge in [0.2, 0.25) is 0 Å². The summed E-state index contributed by atoms with van der Waals surface area (Å²) in [5, 5.41) is 7.03. The van der Waals surface area contributed by atoms with Crippen LogP contribution in [-0.2, 0) is 0 Å². The van der Waals surface area contributed by atoms with Gasteiger partial charge in [-0.25, -0.2) is 4.98 Å². The van der Waals surface area contributed by atoms with Gasteiger partial charge in [0.1, 0.15) is 29.6 Å². The van der Waals surface area contributed by atoms with Crippen LogP contribution in [0.5, 0.6) is 11.5 Å². The summed E-state index contributed by atoms with van der Waals surface area (Å²) in [6.45, 7) is 1.16. The summed E-state index contributed by atoms with van der Waals surface area (Å²) in [7, 11) is 0. The minimum absolute atomic E-state index is 0.569. The Morgan fingerprint density at radius 3 is 2.54 bits per heavy atom. The molecule has 0 fully saturated rings. The quantitative estimate of drug-likeness (QED) is 0.519. The molecule has 0 spiro atoms. The van der Waals surface area contributed by atoms with Gasteiger partial charge in [0.15, 0.2) is 17.3 Å². The zero-order chi connectivity index (χ0) is 17.3. The van der Waals surface area contributed by atoms with E-state index < -0.39 is 0 Å². The molecule has 0 atom stereocenters. The van der Waals surface area contributed by atoms with Crippen molar-refractivity contribution in [1.29, 1.82) is 0 Å². The molecule has 5 nitrogen and oxygen atoms in total. The van der Waals surface area contributed by atoms with Crippen molar-refractivity contribution in [3.8, 4) is 44.8 Å². The summed E-state index contributed by atoms with van der Waals surface area (Å²) in [6, 6.07) is 17.7. The second-order valence-electron chi connectivity index (χ2n) is 5.84. The van der Waals surface area contributed by atoms with Crippen LogP contribution in [0.25, 0.3) is 33.3 Å². The monoisotopic (exact) mass is 362 g/mol. The van der Waals surface area contributed by atoms with Gasteiger partial charge in [0, 0.05) is 22.6 Å². The van der Waals surface area contributed by atoms with Gasteiger partial charge in [-0.15, -0.1) is 11.3 Å². The van der Waals surface area contributed by atoms with Crippen LogP contribution in [-0.4, -0.2) is 23.4 Å². The highest BCUT2D eigenvalue weighted by Crippen LogP contribution is 2.37. The molecule has 0 aliphatic carbocycles. The van der Waals surface area contributed by atoms with Crippen LogP contribution in [0.3, 0.4) is 0 Å². The predicted octanol–water partition coefficient (Wildman–Crippen LogP) is 4.90. The molecule has 2 aromatic heterocycles. The average Bonchev–Trinajstić information content (AvgIpc) is 3.38. The first-order valence-electron chi connectivity index (χ1n) is 8.25. The van der Waals surface area contributed by atoms with E-state index in [1.54, 1.807) is 11.3 Å². The smallest absolute Gasteiger partial charge is 0.186 e. The molecule has 0 amide bonds. The number of hydrogen-bond acceptors (Lipinski definition) is 6. The molecule has 26 heavy (non-hydrogen) atoms. The van der Waals surface area contributed by atoms with Crippen LogP contribution >= 0.6 is 11.3 Å². The van der Waals surface area contributed by atoms with Crippen molar-refractivity contribution < 1.29 is 14.0 Å². The molecule has 0 N–H and O–H groups in total. The van der Waals surface area contributed by atoms with E-state index in [4.69, 9.17) is 19.0 Å². The normalized spacial score (nSPS) is 12.9. The van der Waals surface area contributed by atoms with E-state index >= 15 is 0 Å². The van der Waals surface area contributed by atoms with Crippen LogP contribution in [0.1, 0.15) is 0 Å². The van der Waals surface area contributed by atoms with Gasteiger partial charge in [-0.1, -0.05) is 35.5 Å². The van der Waals surface area contributed by atoms with Crippen molar-refractivity contribution in [3.63, 3.8) is 0 Å². The van der Waals surface area contributed by atoms with E-state index in [2.05, 4.69) is 5.16 Å². The second kappa shape index (κ2) is 6.31. The second-order valence-corrected chi connectivity index (χ2v) is 6.70. The van der Waals surface area contributed by atoms with Gasteiger partial charge < -0.3 is 14.0 Å². The average molecular weight is 362 g/mol. The number of thiazole rings is 1. The summed E-state index contributed by atoms with van der Waals surface area (Å²) < 4.78 is 16.7. The molecule has 128 valence electrons. The van der Waals surface area contributed by atoms with Crippen LogP contribution in [0.15, 0.2) is 64.5 Å². The predicted molar refractivity (Wildman–Crippen MR) is 99.5 cm³/mol. The maximum Gasteiger partial charge on any atom is 0.186 e. The van der Waals surface area contributed by atoms with Crippen molar-refractivity contribution in [2.45, 2.75) is 0 Å². The summed E-state index contributed by atoms with van der Waals surface area (Å²) in [5.41, 5.74) is 3.59. The number of nitrogens with zero attached hydrogens (tertiary/aromatic N) is 2. The molecule has 0 radical (unpaired) electrons. The molecule has 6 heteroatoms. The Morgan fingerprint density at radius 1 is 0.808 bits per heavy atom. The molecule has 1 aliphatic rings. The zero-order valence-corrected chi connectivity index (χ0v) is 14.5. The summed E-state index contributed by atoms with van der Waals surface area (Å²) in [6.07, 6.45) is 0. The van der Waals surface area contributed by atoms with E-state index in [0.29, 0.717) is 19.0 Å². The lowest BCUT2D eigenvalue weighted by Gasteiger charge is -2.18. The first kappa shape index (κ1) is 15.2. The minimum Gasteiger partial charge on any atom is -0.486 e. The molecule has 3 heterocycles. The van der Waals surface area contributed by atoms with Gasteiger partial charge in [-0.05, 0) is 18.2 Å². The highest BCUT2D eigenvalue weighted by atomic mass is 32.1. The zero-order valence-electron chi connectivity index (χ0n) is 13.7. The molecule has 4 aromatic rings. The van der Waals surface area contributed by atoms with E-state index in [0.717, 1.165) is 39.0 Å². The molecule has 0 unspecified atom stereocenters. The number of fused-ring (bicyclic) bond motifs is 1. The van der Waals surface area contributed by atoms with E-state index in [-0.39, 0.29) is 0 Å². The SMILES string of the molecule is c1ccc(-c2cc(-c3csc(-c4ccc5c(c4)OCCO5)n3)on2)cc1. The molecule has 0 saturated heterocycles. The fourth-order valence-electron chi connectivity index (χ4n) is 2.84. The number of aromatic nitrogens is 2. The number of benzene rings is 2. The van der Waals surface area contributed by atoms with Gasteiger partial charge in [0.25, 0.3) is 0 Å². The maximum atomic E-state index is 5.65. The highest BCUT2D eigenvalue weighted by molar-refractivity contribution is 7.13. The Bertz CT molecular complexity index is 1060. The van der Waals surface area contributed by atoms with Gasteiger partial charge in [-0.3, -0.25) is 0 Å². The van der Waals surface area contributed by atoms with E-state index in [1.165, 1.54) is 0 Å². The first-order valence-corrected chi connectivity index (χ1v) is 9.13. The van der Waals surface area contributed by atoms with Gasteiger partial charge >= 0.3 is 0 Å². The van der Waals surface area contributed by atoms with E-state index in [9.17, 15) is 0 Å². The summed E-state index contributed by atoms with van der Waals surface area (Å²) in [5.74, 6) is 2.19. The lowest BCUT2D eigenvalue weighted by Crippen LogP contribution is -2.15. The summed E-state index contributed by atoms with van der Waals surface area (Å²) in [4.78, 5) is 4.70. The summed E-state index contributed by atoms with van der Waals surface area (Å²) >= 11 is 1.56. The Balaban J connectivity index is 1.45. The Morgan fingerprint density at radius 2 is 1.65 bits per heavy atom. The molecule has 5 rings (SSSR count). The lowest BCUT2D eigenvalue weighted by molar-refractivity contribution is 0.171. The van der Waals surface area contributed by atoms with Crippen molar-refractivity contribution in [2.75, 3.05) is 13.2 Å². The van der Waals surface area contributed by atoms with Gasteiger partial charge in [-0.2, -0.15) is 0 Å². The number of rotatable bonds is 3. The Labute approximate surface area is 153 Å². The first-order chi connectivity index (χ1) is 12.9. The van der Waals surface area contributed by atoms with Crippen LogP contribution < -0.4 is 9.47 Å². The third-order valence-corrected chi connectivity index (χ3v) is 5.02. The van der Waals surface area contributed by atoms with Crippen molar-refractivity contribution in [1.82, 2.24) is 10.1 Å². The third kappa shape index (κ3) is 2.74. The van der Waals surface area contributed by atoms with E-state index in [1.807, 2.05) is 60.0 Å². The van der Waals surface area contributed by atoms with Crippen molar-refractivity contribution in [3.05, 3.63) is 60.0 Å². The lowest BCUT2D eigenvalue weighted by atomic mass is 10.1. The topological polar surface area (TPSA) is 57.4 Å². The van der Waals surface area contributed by atoms with Crippen molar-refractivity contribution in [2.24, 2.45) is 0 Å². The van der Waals surface area contributed by atoms with Crippen molar-refractivity contribution >= 4 is 11.3 Å². The minimum atomic E-state index is 0.569. The maximum absolute atomic E-state index is 5.65. The number of hydrogen-bond donors (Lipinski definition) is 0. The van der Waals surface area contributed by atoms with Crippen LogP contribution in [0.2, 0.25) is 0 Å². The molecule has 1 aliphatic heterocycles. The van der Waals surface area contributed by atoms with Crippen LogP contribution in [0, 0.1) is 0 Å². The standard InChI is InChI=1S/C20H14N2O3S/c1-2-4-13(5-3-1)15-11-18(25-22-15)16-12-26-20(21-16)14-6-7-17-19(10-14)24-9-8-23-17/h1-7,10-12H,8-9H2. The molecule has 0 bridgehead atoms. The fourth-order valence-corrected chi connectivity index (χ4v) is 3.64. The van der Waals surface area contributed by atoms with Crippen LogP contribution in [0.4, 0.5) is 0 Å². The van der Waals surface area contributed by atoms with Gasteiger partial charge in [0.05, 0.1) is 0 Å². The molecule has 2 aromatic carbocycles. The molecular weight excluding hydrogens is 348 g/mol. The Kier molecular flexibility index (Phi) is 3.68. The number of ether oxygens (including phenoxy) is 2. The highest BCUT2D eigenvalue weighted by Gasteiger charge is 2.16. The Hall–Kier alpha value is -3.12. The fraction of sp³-hybridized carbons (Fsp3) is 0.100. The molecule has 0 saturated carbocycles. The largest absolute Gasteiger partial charge is 0.486 e.